The topological polar surface area (TPSA) is 44.8 Å². The first-order valence-corrected chi connectivity index (χ1v) is 8.04. The third-order valence-corrected chi connectivity index (χ3v) is 4.37. The number of methoxy groups -OCH3 is 1. The summed E-state index contributed by atoms with van der Waals surface area (Å²) in [5.74, 6) is 0.320. The number of amides is 1. The molecule has 1 N–H and O–H groups in total. The first-order valence-electron chi connectivity index (χ1n) is 8.04. The van der Waals surface area contributed by atoms with Gasteiger partial charge in [-0.05, 0) is 32.4 Å². The Kier molecular flexibility index (Phi) is 6.76. The Bertz CT molecular complexity index is 291. The number of ether oxygens (including phenoxy) is 1. The normalized spacial score (nSPS) is 26.1. The average Bonchev–Trinajstić information content (AvgIpc) is 2.87. The van der Waals surface area contributed by atoms with Crippen molar-refractivity contribution in [1.82, 2.24) is 15.1 Å². The smallest absolute Gasteiger partial charge is 0.239 e. The molecule has 0 aromatic carbocycles. The van der Waals surface area contributed by atoms with Crippen LogP contribution in [0.15, 0.2) is 0 Å². The lowest BCUT2D eigenvalue weighted by molar-refractivity contribution is -0.133. The lowest BCUT2D eigenvalue weighted by Crippen LogP contribution is -2.47. The molecular weight excluding hydrogens is 254 g/mol. The van der Waals surface area contributed by atoms with Gasteiger partial charge in [0.05, 0.1) is 12.6 Å². The largest absolute Gasteiger partial charge is 0.383 e. The number of hydrogen-bond acceptors (Lipinski definition) is 4. The second-order valence-electron chi connectivity index (χ2n) is 5.87. The van der Waals surface area contributed by atoms with Crippen molar-refractivity contribution in [3.05, 3.63) is 0 Å². The van der Waals surface area contributed by atoms with Crippen molar-refractivity contribution in [2.24, 2.45) is 0 Å². The zero-order valence-electron chi connectivity index (χ0n) is 12.8. The van der Waals surface area contributed by atoms with E-state index in [0.717, 1.165) is 58.7 Å². The molecule has 2 saturated heterocycles. The zero-order chi connectivity index (χ0) is 14.2. The van der Waals surface area contributed by atoms with Crippen LogP contribution >= 0.6 is 0 Å². The number of nitrogens with zero attached hydrogens (tertiary/aromatic N) is 2. The maximum atomic E-state index is 12.6. The molecule has 1 unspecified atom stereocenters. The van der Waals surface area contributed by atoms with Gasteiger partial charge in [-0.2, -0.15) is 0 Å². The molecule has 2 rings (SSSR count). The summed E-state index contributed by atoms with van der Waals surface area (Å²) >= 11 is 0. The summed E-state index contributed by atoms with van der Waals surface area (Å²) in [6.45, 7) is 6.55. The van der Waals surface area contributed by atoms with Crippen molar-refractivity contribution in [3.63, 3.8) is 0 Å². The predicted molar refractivity (Wildman–Crippen MR) is 79.8 cm³/mol. The van der Waals surface area contributed by atoms with Gasteiger partial charge in [-0.15, -0.1) is 0 Å². The predicted octanol–water partition coefficient (Wildman–Crippen LogP) is 0.699. The van der Waals surface area contributed by atoms with E-state index in [9.17, 15) is 4.79 Å². The summed E-state index contributed by atoms with van der Waals surface area (Å²) in [5.41, 5.74) is 0. The first-order chi connectivity index (χ1) is 9.81. The van der Waals surface area contributed by atoms with Crippen molar-refractivity contribution in [2.45, 2.75) is 38.1 Å². The van der Waals surface area contributed by atoms with Crippen LogP contribution in [0.1, 0.15) is 32.1 Å². The molecule has 2 heterocycles. The SMILES string of the molecule is COCCN1CCCN(C(=O)C2CCCCCN2)CC1. The quantitative estimate of drug-likeness (QED) is 0.825. The fraction of sp³-hybridized carbons (Fsp3) is 0.933. The Morgan fingerprint density at radius 3 is 2.90 bits per heavy atom. The maximum absolute atomic E-state index is 12.6. The van der Waals surface area contributed by atoms with Gasteiger partial charge in [0.2, 0.25) is 5.91 Å². The second kappa shape index (κ2) is 8.60. The van der Waals surface area contributed by atoms with Gasteiger partial charge in [-0.25, -0.2) is 0 Å². The Balaban J connectivity index is 1.81. The highest BCUT2D eigenvalue weighted by Gasteiger charge is 2.26. The minimum Gasteiger partial charge on any atom is -0.383 e. The van der Waals surface area contributed by atoms with Crippen LogP contribution in [0.5, 0.6) is 0 Å². The molecule has 0 bridgehead atoms. The van der Waals surface area contributed by atoms with E-state index in [0.29, 0.717) is 5.91 Å². The zero-order valence-corrected chi connectivity index (χ0v) is 12.8. The highest BCUT2D eigenvalue weighted by molar-refractivity contribution is 5.82. The van der Waals surface area contributed by atoms with Crippen LogP contribution in [0.2, 0.25) is 0 Å². The summed E-state index contributed by atoms with van der Waals surface area (Å²) in [6.07, 6.45) is 5.71. The number of carbonyl (C=O) groups excluding carboxylic acids is 1. The Labute approximate surface area is 122 Å². The monoisotopic (exact) mass is 283 g/mol. The lowest BCUT2D eigenvalue weighted by Gasteiger charge is -2.26. The van der Waals surface area contributed by atoms with Gasteiger partial charge in [0, 0.05) is 33.3 Å². The molecule has 0 aliphatic carbocycles. The Morgan fingerprint density at radius 1 is 1.15 bits per heavy atom. The molecule has 2 fully saturated rings. The molecule has 0 spiro atoms. The summed E-state index contributed by atoms with van der Waals surface area (Å²) in [4.78, 5) is 17.1. The summed E-state index contributed by atoms with van der Waals surface area (Å²) in [5, 5.41) is 3.42. The van der Waals surface area contributed by atoms with E-state index >= 15 is 0 Å². The average molecular weight is 283 g/mol. The molecular formula is C15H29N3O2. The molecule has 1 atom stereocenters. The summed E-state index contributed by atoms with van der Waals surface area (Å²) in [6, 6.07) is 0.0584. The third-order valence-electron chi connectivity index (χ3n) is 4.37. The van der Waals surface area contributed by atoms with Gasteiger partial charge in [0.1, 0.15) is 0 Å². The van der Waals surface area contributed by atoms with Gasteiger partial charge in [0.25, 0.3) is 0 Å². The van der Waals surface area contributed by atoms with Crippen LogP contribution in [-0.2, 0) is 9.53 Å². The van der Waals surface area contributed by atoms with E-state index in [-0.39, 0.29) is 6.04 Å². The van der Waals surface area contributed by atoms with Crippen molar-refractivity contribution >= 4 is 5.91 Å². The van der Waals surface area contributed by atoms with Crippen LogP contribution in [0, 0.1) is 0 Å². The molecule has 1 amide bonds. The van der Waals surface area contributed by atoms with Crippen molar-refractivity contribution < 1.29 is 9.53 Å². The highest BCUT2D eigenvalue weighted by Crippen LogP contribution is 2.12. The van der Waals surface area contributed by atoms with Gasteiger partial charge in [-0.1, -0.05) is 12.8 Å². The van der Waals surface area contributed by atoms with E-state index in [1.165, 1.54) is 19.3 Å². The minimum absolute atomic E-state index is 0.0584. The number of nitrogens with one attached hydrogen (secondary N) is 1. The van der Waals surface area contributed by atoms with E-state index in [2.05, 4.69) is 15.1 Å². The van der Waals surface area contributed by atoms with E-state index < -0.39 is 0 Å². The minimum atomic E-state index is 0.0584. The fourth-order valence-electron chi connectivity index (χ4n) is 3.10. The van der Waals surface area contributed by atoms with Crippen LogP contribution in [-0.4, -0.2) is 74.7 Å². The molecule has 20 heavy (non-hydrogen) atoms. The molecule has 0 aromatic heterocycles. The number of carbonyl (C=O) groups is 1. The summed E-state index contributed by atoms with van der Waals surface area (Å²) in [7, 11) is 1.74. The number of hydrogen-bond donors (Lipinski definition) is 1. The lowest BCUT2D eigenvalue weighted by atomic mass is 10.1. The van der Waals surface area contributed by atoms with E-state index in [4.69, 9.17) is 4.74 Å². The molecule has 2 aliphatic rings. The molecule has 2 aliphatic heterocycles. The van der Waals surface area contributed by atoms with Crippen LogP contribution < -0.4 is 5.32 Å². The molecule has 116 valence electrons. The highest BCUT2D eigenvalue weighted by atomic mass is 16.5. The van der Waals surface area contributed by atoms with Crippen LogP contribution in [0.3, 0.4) is 0 Å². The summed E-state index contributed by atoms with van der Waals surface area (Å²) < 4.78 is 5.14. The molecule has 0 aromatic rings. The van der Waals surface area contributed by atoms with Crippen molar-refractivity contribution in [2.75, 3.05) is 53.0 Å². The van der Waals surface area contributed by atoms with Crippen LogP contribution in [0.4, 0.5) is 0 Å². The maximum Gasteiger partial charge on any atom is 0.239 e. The van der Waals surface area contributed by atoms with Gasteiger partial charge in [0.15, 0.2) is 0 Å². The number of rotatable bonds is 4. The van der Waals surface area contributed by atoms with Crippen molar-refractivity contribution in [1.29, 1.82) is 0 Å². The molecule has 0 radical (unpaired) electrons. The molecule has 5 nitrogen and oxygen atoms in total. The standard InChI is InChI=1S/C15H29N3O2/c1-20-13-12-17-8-5-9-18(11-10-17)15(19)14-6-3-2-4-7-16-14/h14,16H,2-13H2,1H3. The second-order valence-corrected chi connectivity index (χ2v) is 5.87. The van der Waals surface area contributed by atoms with E-state index in [1.807, 2.05) is 0 Å². The van der Waals surface area contributed by atoms with E-state index in [1.54, 1.807) is 7.11 Å². The Morgan fingerprint density at radius 2 is 2.05 bits per heavy atom. The van der Waals surface area contributed by atoms with Crippen LogP contribution in [0.25, 0.3) is 0 Å². The van der Waals surface area contributed by atoms with Gasteiger partial charge >= 0.3 is 0 Å². The molecule has 0 saturated carbocycles. The van der Waals surface area contributed by atoms with Gasteiger partial charge in [-0.3, -0.25) is 9.69 Å². The fourth-order valence-corrected chi connectivity index (χ4v) is 3.10. The third kappa shape index (κ3) is 4.72. The molecule has 5 heteroatoms. The Hall–Kier alpha value is -0.650. The first kappa shape index (κ1) is 15.7. The van der Waals surface area contributed by atoms with Crippen molar-refractivity contribution in [3.8, 4) is 0 Å². The van der Waals surface area contributed by atoms with Gasteiger partial charge < -0.3 is 15.0 Å².